The molecule has 37 heavy (non-hydrogen) atoms. The number of hydrogen-bond acceptors (Lipinski definition) is 6. The molecule has 0 radical (unpaired) electrons. The number of hydrogen-bond donors (Lipinski definition) is 4. The zero-order valence-electron chi connectivity index (χ0n) is 20.1. The first-order valence-corrected chi connectivity index (χ1v) is 11.4. The van der Waals surface area contributed by atoms with Gasteiger partial charge in [-0.15, -0.1) is 0 Å². The number of carbonyl (C=O) groups excluding carboxylic acids is 2. The minimum atomic E-state index is -0.293. The van der Waals surface area contributed by atoms with Gasteiger partial charge in [-0.05, 0) is 72.3 Å². The lowest BCUT2D eigenvalue weighted by molar-refractivity contribution is -0.114. The second-order valence-corrected chi connectivity index (χ2v) is 8.32. The molecule has 9 heteroatoms. The minimum absolute atomic E-state index is 0.0614. The van der Waals surface area contributed by atoms with E-state index in [2.05, 4.69) is 25.6 Å². The number of nitrogens with zero attached hydrogens (tertiary/aromatic N) is 2. The lowest BCUT2D eigenvalue weighted by atomic mass is 10.0. The topological polar surface area (TPSA) is 129 Å². The van der Waals surface area contributed by atoms with E-state index in [-0.39, 0.29) is 17.6 Å². The first kappa shape index (κ1) is 23.6. The SMILES string of the molecule is COc1ncccc1-c1ccc(O)c(-c2nc3ccc(C(=O)Nc4ccc(NC(C)=O)cc4)cc3[nH]2)c1. The number of aromatic nitrogens is 3. The number of phenols is 1. The van der Waals surface area contributed by atoms with Gasteiger partial charge in [-0.2, -0.15) is 0 Å². The molecule has 4 N–H and O–H groups in total. The van der Waals surface area contributed by atoms with Crippen molar-refractivity contribution < 1.29 is 19.4 Å². The highest BCUT2D eigenvalue weighted by Gasteiger charge is 2.15. The number of imidazole rings is 1. The van der Waals surface area contributed by atoms with Gasteiger partial charge in [0.1, 0.15) is 11.6 Å². The van der Waals surface area contributed by atoms with Crippen LogP contribution >= 0.6 is 0 Å². The second kappa shape index (κ2) is 9.82. The predicted octanol–water partition coefficient (Wildman–Crippen LogP) is 5.22. The highest BCUT2D eigenvalue weighted by molar-refractivity contribution is 6.06. The Morgan fingerprint density at radius 3 is 2.41 bits per heavy atom. The van der Waals surface area contributed by atoms with Gasteiger partial charge in [-0.3, -0.25) is 9.59 Å². The molecule has 0 spiro atoms. The van der Waals surface area contributed by atoms with Crippen molar-refractivity contribution in [3.05, 3.63) is 84.6 Å². The largest absolute Gasteiger partial charge is 0.507 e. The lowest BCUT2D eigenvalue weighted by Gasteiger charge is -2.09. The van der Waals surface area contributed by atoms with Crippen LogP contribution in [-0.2, 0) is 4.79 Å². The molecular formula is C28H23N5O4. The Morgan fingerprint density at radius 2 is 1.68 bits per heavy atom. The predicted molar refractivity (Wildman–Crippen MR) is 142 cm³/mol. The van der Waals surface area contributed by atoms with Crippen LogP contribution < -0.4 is 15.4 Å². The van der Waals surface area contributed by atoms with Crippen LogP contribution in [0.25, 0.3) is 33.5 Å². The number of phenolic OH excluding ortho intramolecular Hbond substituents is 1. The third kappa shape index (κ3) is 4.96. The fourth-order valence-electron chi connectivity index (χ4n) is 3.99. The van der Waals surface area contributed by atoms with E-state index in [0.717, 1.165) is 11.1 Å². The standard InChI is InChI=1S/C28H23N5O4/c1-16(34)30-19-7-9-20(10-8-19)31-27(36)18-5-11-23-24(15-18)33-26(32-23)22-14-17(6-12-25(22)35)21-4-3-13-29-28(21)37-2/h3-15,35H,1-2H3,(H,30,34)(H,31,36)(H,32,33). The summed E-state index contributed by atoms with van der Waals surface area (Å²) >= 11 is 0. The summed E-state index contributed by atoms with van der Waals surface area (Å²) in [7, 11) is 1.56. The van der Waals surface area contributed by atoms with E-state index in [9.17, 15) is 14.7 Å². The van der Waals surface area contributed by atoms with Gasteiger partial charge >= 0.3 is 0 Å². The molecule has 0 saturated heterocycles. The first-order chi connectivity index (χ1) is 17.9. The summed E-state index contributed by atoms with van der Waals surface area (Å²) in [5.41, 5.74) is 5.07. The van der Waals surface area contributed by atoms with E-state index >= 15 is 0 Å². The van der Waals surface area contributed by atoms with Crippen molar-refractivity contribution in [3.63, 3.8) is 0 Å². The molecule has 0 bridgehead atoms. The van der Waals surface area contributed by atoms with Gasteiger partial charge in [-0.1, -0.05) is 6.07 Å². The normalized spacial score (nSPS) is 10.8. The van der Waals surface area contributed by atoms with Crippen LogP contribution in [0, 0.1) is 0 Å². The summed E-state index contributed by atoms with van der Waals surface area (Å²) in [5.74, 6) is 0.540. The number of aromatic amines is 1. The molecule has 0 saturated carbocycles. The number of benzene rings is 3. The van der Waals surface area contributed by atoms with Gasteiger partial charge in [0.15, 0.2) is 0 Å². The van der Waals surface area contributed by atoms with Crippen molar-refractivity contribution in [1.29, 1.82) is 0 Å². The Kier molecular flexibility index (Phi) is 6.25. The Hall–Kier alpha value is -5.18. The number of ether oxygens (including phenoxy) is 1. The number of methoxy groups -OCH3 is 1. The summed E-state index contributed by atoms with van der Waals surface area (Å²) in [6.07, 6.45) is 1.65. The molecule has 5 rings (SSSR count). The molecule has 0 unspecified atom stereocenters. The summed E-state index contributed by atoms with van der Waals surface area (Å²) in [4.78, 5) is 36.1. The highest BCUT2D eigenvalue weighted by atomic mass is 16.5. The van der Waals surface area contributed by atoms with Crippen LogP contribution in [0.5, 0.6) is 11.6 Å². The van der Waals surface area contributed by atoms with E-state index in [1.807, 2.05) is 18.2 Å². The number of fused-ring (bicyclic) bond motifs is 1. The molecule has 0 aliphatic heterocycles. The van der Waals surface area contributed by atoms with Crippen LogP contribution in [0.15, 0.2) is 79.0 Å². The monoisotopic (exact) mass is 493 g/mol. The number of anilines is 2. The van der Waals surface area contributed by atoms with Crippen molar-refractivity contribution in [1.82, 2.24) is 15.0 Å². The number of nitrogens with one attached hydrogen (secondary N) is 3. The average Bonchev–Trinajstić information content (AvgIpc) is 3.33. The van der Waals surface area contributed by atoms with Crippen LogP contribution in [0.4, 0.5) is 11.4 Å². The van der Waals surface area contributed by atoms with Crippen LogP contribution in [0.2, 0.25) is 0 Å². The molecule has 2 heterocycles. The molecule has 3 aromatic carbocycles. The van der Waals surface area contributed by atoms with E-state index < -0.39 is 0 Å². The Labute approximate surface area is 212 Å². The Morgan fingerprint density at radius 1 is 0.919 bits per heavy atom. The van der Waals surface area contributed by atoms with Crippen molar-refractivity contribution >= 4 is 34.2 Å². The van der Waals surface area contributed by atoms with Crippen molar-refractivity contribution in [2.45, 2.75) is 6.92 Å². The molecule has 2 amide bonds. The van der Waals surface area contributed by atoms with Crippen molar-refractivity contribution in [3.8, 4) is 34.1 Å². The van der Waals surface area contributed by atoms with Gasteiger partial charge in [0.05, 0.1) is 23.7 Å². The molecule has 184 valence electrons. The van der Waals surface area contributed by atoms with Gasteiger partial charge < -0.3 is 25.5 Å². The molecule has 2 aromatic heterocycles. The number of amides is 2. The molecule has 0 aliphatic carbocycles. The third-order valence-corrected chi connectivity index (χ3v) is 5.73. The van der Waals surface area contributed by atoms with Crippen molar-refractivity contribution in [2.75, 3.05) is 17.7 Å². The van der Waals surface area contributed by atoms with Crippen molar-refractivity contribution in [2.24, 2.45) is 0 Å². The van der Waals surface area contributed by atoms with E-state index in [0.29, 0.717) is 45.2 Å². The van der Waals surface area contributed by atoms with Crippen LogP contribution in [0.3, 0.4) is 0 Å². The maximum Gasteiger partial charge on any atom is 0.255 e. The lowest BCUT2D eigenvalue weighted by Crippen LogP contribution is -2.12. The zero-order valence-corrected chi connectivity index (χ0v) is 20.1. The molecule has 0 atom stereocenters. The average molecular weight is 494 g/mol. The maximum atomic E-state index is 12.8. The summed E-state index contributed by atoms with van der Waals surface area (Å²) in [6, 6.07) is 20.9. The first-order valence-electron chi connectivity index (χ1n) is 11.4. The van der Waals surface area contributed by atoms with Gasteiger partial charge in [-0.25, -0.2) is 9.97 Å². The number of H-pyrrole nitrogens is 1. The quantitative estimate of drug-likeness (QED) is 0.257. The third-order valence-electron chi connectivity index (χ3n) is 5.73. The number of pyridine rings is 1. The van der Waals surface area contributed by atoms with Crippen LogP contribution in [0.1, 0.15) is 17.3 Å². The summed E-state index contributed by atoms with van der Waals surface area (Å²) in [6.45, 7) is 1.43. The minimum Gasteiger partial charge on any atom is -0.507 e. The smallest absolute Gasteiger partial charge is 0.255 e. The molecule has 0 fully saturated rings. The van der Waals surface area contributed by atoms with E-state index in [4.69, 9.17) is 4.74 Å². The molecule has 9 nitrogen and oxygen atoms in total. The summed E-state index contributed by atoms with van der Waals surface area (Å²) in [5, 5.41) is 16.1. The number of aromatic hydroxyl groups is 1. The molecule has 5 aromatic rings. The van der Waals surface area contributed by atoms with Crippen LogP contribution in [-0.4, -0.2) is 39.0 Å². The Balaban J connectivity index is 1.41. The highest BCUT2D eigenvalue weighted by Crippen LogP contribution is 2.35. The Bertz CT molecular complexity index is 1630. The van der Waals surface area contributed by atoms with E-state index in [1.165, 1.54) is 6.92 Å². The maximum absolute atomic E-state index is 12.8. The second-order valence-electron chi connectivity index (χ2n) is 8.32. The van der Waals surface area contributed by atoms with Gasteiger partial charge in [0.25, 0.3) is 5.91 Å². The number of rotatable bonds is 6. The fourth-order valence-corrected chi connectivity index (χ4v) is 3.99. The van der Waals surface area contributed by atoms with Gasteiger partial charge in [0, 0.05) is 35.6 Å². The fraction of sp³-hybridized carbons (Fsp3) is 0.0714. The van der Waals surface area contributed by atoms with Gasteiger partial charge in [0.2, 0.25) is 11.8 Å². The molecule has 0 aliphatic rings. The zero-order chi connectivity index (χ0) is 25.9. The summed E-state index contributed by atoms with van der Waals surface area (Å²) < 4.78 is 5.37. The number of carbonyl (C=O) groups is 2. The van der Waals surface area contributed by atoms with E-state index in [1.54, 1.807) is 67.9 Å². The molecular weight excluding hydrogens is 470 g/mol.